The average Bonchev–Trinajstić information content (AvgIpc) is 2.70. The largest absolute Gasteiger partial charge is 0.386 e. The SMILES string of the molecule is COCC(=O)Nc1ccc([C@@H](O)[C@H]2COCC(=O)N2Cc2ccncc2)cc1. The summed E-state index contributed by atoms with van der Waals surface area (Å²) in [6.07, 6.45) is 2.42. The van der Waals surface area contributed by atoms with Gasteiger partial charge in [0.2, 0.25) is 11.8 Å². The van der Waals surface area contributed by atoms with Crippen LogP contribution in [-0.2, 0) is 25.6 Å². The summed E-state index contributed by atoms with van der Waals surface area (Å²) >= 11 is 0. The molecule has 8 nitrogen and oxygen atoms in total. The molecule has 1 aromatic carbocycles. The van der Waals surface area contributed by atoms with E-state index in [0.717, 1.165) is 5.56 Å². The zero-order valence-electron chi connectivity index (χ0n) is 15.6. The van der Waals surface area contributed by atoms with Crippen LogP contribution < -0.4 is 5.32 Å². The van der Waals surface area contributed by atoms with E-state index in [1.54, 1.807) is 41.6 Å². The first-order chi connectivity index (χ1) is 13.6. The molecule has 1 saturated heterocycles. The molecule has 2 amide bonds. The number of benzene rings is 1. The number of anilines is 1. The van der Waals surface area contributed by atoms with Crippen LogP contribution >= 0.6 is 0 Å². The molecule has 2 aromatic rings. The Kier molecular flexibility index (Phi) is 6.70. The molecule has 0 saturated carbocycles. The number of methoxy groups -OCH3 is 1. The molecule has 0 unspecified atom stereocenters. The van der Waals surface area contributed by atoms with Crippen LogP contribution in [0.5, 0.6) is 0 Å². The molecule has 1 aliphatic rings. The Morgan fingerprint density at radius 1 is 1.32 bits per heavy atom. The molecule has 1 aromatic heterocycles. The zero-order chi connectivity index (χ0) is 19.9. The van der Waals surface area contributed by atoms with Crippen LogP contribution in [0.1, 0.15) is 17.2 Å². The predicted octanol–water partition coefficient (Wildman–Crippen LogP) is 1.13. The van der Waals surface area contributed by atoms with Crippen molar-refractivity contribution in [1.82, 2.24) is 9.88 Å². The average molecular weight is 385 g/mol. The Morgan fingerprint density at radius 3 is 2.71 bits per heavy atom. The molecule has 8 heteroatoms. The number of carbonyl (C=O) groups is 2. The van der Waals surface area contributed by atoms with Gasteiger partial charge in [-0.05, 0) is 35.4 Å². The van der Waals surface area contributed by atoms with Crippen molar-refractivity contribution in [2.24, 2.45) is 0 Å². The van der Waals surface area contributed by atoms with Gasteiger partial charge < -0.3 is 24.8 Å². The predicted molar refractivity (Wildman–Crippen MR) is 101 cm³/mol. The number of aromatic nitrogens is 1. The van der Waals surface area contributed by atoms with Crippen molar-refractivity contribution in [2.45, 2.75) is 18.7 Å². The minimum atomic E-state index is -0.921. The minimum Gasteiger partial charge on any atom is -0.386 e. The number of ether oxygens (including phenoxy) is 2. The monoisotopic (exact) mass is 385 g/mol. The fourth-order valence-electron chi connectivity index (χ4n) is 3.09. The Labute approximate surface area is 163 Å². The summed E-state index contributed by atoms with van der Waals surface area (Å²) in [5.74, 6) is -0.429. The molecule has 2 atom stereocenters. The van der Waals surface area contributed by atoms with Crippen molar-refractivity contribution >= 4 is 17.5 Å². The first-order valence-electron chi connectivity index (χ1n) is 8.91. The lowest BCUT2D eigenvalue weighted by Crippen LogP contribution is -2.51. The van der Waals surface area contributed by atoms with E-state index in [4.69, 9.17) is 9.47 Å². The molecular formula is C20H23N3O5. The zero-order valence-corrected chi connectivity index (χ0v) is 15.6. The number of nitrogens with one attached hydrogen (secondary N) is 1. The Bertz CT molecular complexity index is 797. The summed E-state index contributed by atoms with van der Waals surface area (Å²) < 4.78 is 10.2. The van der Waals surface area contributed by atoms with Crippen molar-refractivity contribution in [1.29, 1.82) is 0 Å². The lowest BCUT2D eigenvalue weighted by molar-refractivity contribution is -0.155. The maximum Gasteiger partial charge on any atom is 0.250 e. The number of hydrogen-bond acceptors (Lipinski definition) is 6. The second-order valence-corrected chi connectivity index (χ2v) is 6.51. The smallest absolute Gasteiger partial charge is 0.250 e. The van der Waals surface area contributed by atoms with Crippen LogP contribution in [0.3, 0.4) is 0 Å². The maximum atomic E-state index is 12.4. The van der Waals surface area contributed by atoms with Gasteiger partial charge in [0.1, 0.15) is 19.3 Å². The molecular weight excluding hydrogens is 362 g/mol. The van der Waals surface area contributed by atoms with Crippen LogP contribution in [0.4, 0.5) is 5.69 Å². The van der Waals surface area contributed by atoms with Gasteiger partial charge in [-0.25, -0.2) is 0 Å². The minimum absolute atomic E-state index is 0.00122. The van der Waals surface area contributed by atoms with Gasteiger partial charge in [0.15, 0.2) is 0 Å². The number of nitrogens with zero attached hydrogens (tertiary/aromatic N) is 2. The fraction of sp³-hybridized carbons (Fsp3) is 0.350. The van der Waals surface area contributed by atoms with Crippen molar-refractivity contribution in [3.8, 4) is 0 Å². The summed E-state index contributed by atoms with van der Waals surface area (Å²) in [5.41, 5.74) is 2.16. The number of rotatable bonds is 7. The van der Waals surface area contributed by atoms with E-state index in [-0.39, 0.29) is 31.6 Å². The van der Waals surface area contributed by atoms with E-state index in [1.807, 2.05) is 12.1 Å². The lowest BCUT2D eigenvalue weighted by atomic mass is 9.99. The number of morpholine rings is 1. The Balaban J connectivity index is 1.72. The molecule has 28 heavy (non-hydrogen) atoms. The van der Waals surface area contributed by atoms with Gasteiger partial charge >= 0.3 is 0 Å². The third-order valence-electron chi connectivity index (χ3n) is 4.51. The molecule has 3 rings (SSSR count). The van der Waals surface area contributed by atoms with E-state index < -0.39 is 12.1 Å². The van der Waals surface area contributed by atoms with Crippen LogP contribution in [-0.4, -0.2) is 59.8 Å². The molecule has 1 fully saturated rings. The summed E-state index contributed by atoms with van der Waals surface area (Å²) in [6.45, 7) is 0.580. The number of hydrogen-bond donors (Lipinski definition) is 2. The molecule has 2 heterocycles. The number of pyridine rings is 1. The van der Waals surface area contributed by atoms with E-state index in [2.05, 4.69) is 10.3 Å². The van der Waals surface area contributed by atoms with Crippen molar-refractivity contribution in [3.05, 3.63) is 59.9 Å². The summed E-state index contributed by atoms with van der Waals surface area (Å²) in [5, 5.41) is 13.6. The van der Waals surface area contributed by atoms with Crippen LogP contribution in [0.2, 0.25) is 0 Å². The number of amides is 2. The topological polar surface area (TPSA) is 101 Å². The van der Waals surface area contributed by atoms with Gasteiger partial charge in [0.25, 0.3) is 0 Å². The summed E-state index contributed by atoms with van der Waals surface area (Å²) in [6, 6.07) is 10.00. The molecule has 1 aliphatic heterocycles. The second kappa shape index (κ2) is 9.41. The van der Waals surface area contributed by atoms with Gasteiger partial charge in [-0.2, -0.15) is 0 Å². The quantitative estimate of drug-likeness (QED) is 0.741. The molecule has 0 bridgehead atoms. The van der Waals surface area contributed by atoms with E-state index in [9.17, 15) is 14.7 Å². The number of aliphatic hydroxyl groups excluding tert-OH is 1. The fourth-order valence-corrected chi connectivity index (χ4v) is 3.09. The van der Waals surface area contributed by atoms with Gasteiger partial charge in [0, 0.05) is 31.7 Å². The van der Waals surface area contributed by atoms with Crippen molar-refractivity contribution in [3.63, 3.8) is 0 Å². The third-order valence-corrected chi connectivity index (χ3v) is 4.51. The standard InChI is InChI=1S/C20H23N3O5/c1-27-12-18(24)22-16-4-2-15(3-5-16)20(26)17-11-28-13-19(25)23(17)10-14-6-8-21-9-7-14/h2-9,17,20,26H,10-13H2,1H3,(H,22,24)/t17-,20-/m1/s1. The van der Waals surface area contributed by atoms with Gasteiger partial charge in [-0.3, -0.25) is 14.6 Å². The summed E-state index contributed by atoms with van der Waals surface area (Å²) in [4.78, 5) is 29.6. The number of carbonyl (C=O) groups excluding carboxylic acids is 2. The second-order valence-electron chi connectivity index (χ2n) is 6.51. The maximum absolute atomic E-state index is 12.4. The van der Waals surface area contributed by atoms with E-state index in [1.165, 1.54) is 7.11 Å². The van der Waals surface area contributed by atoms with E-state index >= 15 is 0 Å². The molecule has 0 spiro atoms. The third kappa shape index (κ3) is 4.92. The lowest BCUT2D eigenvalue weighted by Gasteiger charge is -2.38. The van der Waals surface area contributed by atoms with E-state index in [0.29, 0.717) is 17.8 Å². The van der Waals surface area contributed by atoms with Crippen molar-refractivity contribution < 1.29 is 24.2 Å². The van der Waals surface area contributed by atoms with Gasteiger partial charge in [-0.15, -0.1) is 0 Å². The normalized spacial score (nSPS) is 18.0. The Hall–Kier alpha value is -2.81. The van der Waals surface area contributed by atoms with Crippen LogP contribution in [0.15, 0.2) is 48.8 Å². The highest BCUT2D eigenvalue weighted by molar-refractivity contribution is 5.91. The highest BCUT2D eigenvalue weighted by atomic mass is 16.5. The molecule has 2 N–H and O–H groups in total. The van der Waals surface area contributed by atoms with Gasteiger partial charge in [0.05, 0.1) is 12.6 Å². The molecule has 0 aliphatic carbocycles. The van der Waals surface area contributed by atoms with Gasteiger partial charge in [-0.1, -0.05) is 12.1 Å². The van der Waals surface area contributed by atoms with Crippen molar-refractivity contribution in [2.75, 3.05) is 32.2 Å². The first kappa shape index (κ1) is 19.9. The summed E-state index contributed by atoms with van der Waals surface area (Å²) in [7, 11) is 1.45. The highest BCUT2D eigenvalue weighted by Gasteiger charge is 2.34. The molecule has 148 valence electrons. The Morgan fingerprint density at radius 2 is 2.04 bits per heavy atom. The van der Waals surface area contributed by atoms with Crippen LogP contribution in [0, 0.1) is 0 Å². The number of aliphatic hydroxyl groups is 1. The highest BCUT2D eigenvalue weighted by Crippen LogP contribution is 2.26. The molecule has 0 radical (unpaired) electrons. The first-order valence-corrected chi connectivity index (χ1v) is 8.91. The van der Waals surface area contributed by atoms with Crippen LogP contribution in [0.25, 0.3) is 0 Å².